The van der Waals surface area contributed by atoms with Gasteiger partial charge in [-0.3, -0.25) is 9.59 Å². The third kappa shape index (κ3) is 5.15. The molecule has 0 bridgehead atoms. The summed E-state index contributed by atoms with van der Waals surface area (Å²) in [5, 5.41) is 20.0. The van der Waals surface area contributed by atoms with Gasteiger partial charge in [0.25, 0.3) is 5.91 Å². The Morgan fingerprint density at radius 1 is 0.889 bits per heavy atom. The van der Waals surface area contributed by atoms with Gasteiger partial charge in [0.2, 0.25) is 0 Å². The fourth-order valence-electron chi connectivity index (χ4n) is 4.39. The number of carbonyl (C=O) groups excluding carboxylic acids is 2. The highest BCUT2D eigenvalue weighted by molar-refractivity contribution is 6.09. The minimum absolute atomic E-state index is 0.0932. The molecular formula is C29H28N2O5. The van der Waals surface area contributed by atoms with Crippen LogP contribution in [-0.4, -0.2) is 46.9 Å². The van der Waals surface area contributed by atoms with Gasteiger partial charge in [-0.25, -0.2) is 4.79 Å². The van der Waals surface area contributed by atoms with Gasteiger partial charge in [-0.05, 0) is 47.4 Å². The van der Waals surface area contributed by atoms with Gasteiger partial charge in [0.1, 0.15) is 0 Å². The Morgan fingerprint density at radius 3 is 2.11 bits per heavy atom. The van der Waals surface area contributed by atoms with E-state index < -0.39 is 23.7 Å². The fraction of sp³-hybridized carbons (Fsp3) is 0.207. The van der Waals surface area contributed by atoms with Crippen LogP contribution < -0.4 is 4.90 Å². The van der Waals surface area contributed by atoms with E-state index in [1.54, 1.807) is 12.1 Å². The van der Waals surface area contributed by atoms with Gasteiger partial charge in [0, 0.05) is 32.7 Å². The summed E-state index contributed by atoms with van der Waals surface area (Å²) in [6, 6.07) is 22.6. The number of aromatic carboxylic acids is 1. The van der Waals surface area contributed by atoms with Gasteiger partial charge in [0.15, 0.2) is 11.5 Å². The molecule has 0 aliphatic carbocycles. The highest BCUT2D eigenvalue weighted by Gasteiger charge is 2.43. The molecule has 1 amide bonds. The third-order valence-corrected chi connectivity index (χ3v) is 6.37. The molecule has 1 aliphatic rings. The Hall–Kier alpha value is -4.39. The molecule has 0 radical (unpaired) electrons. The van der Waals surface area contributed by atoms with Gasteiger partial charge >= 0.3 is 5.97 Å². The number of ketones is 1. The van der Waals surface area contributed by atoms with Gasteiger partial charge < -0.3 is 20.0 Å². The number of amides is 1. The number of aliphatic hydroxyl groups excluding tert-OH is 1. The van der Waals surface area contributed by atoms with E-state index in [0.717, 1.165) is 11.3 Å². The summed E-state index contributed by atoms with van der Waals surface area (Å²) in [5.41, 5.74) is 3.59. The lowest BCUT2D eigenvalue weighted by Gasteiger charge is -2.27. The predicted molar refractivity (Wildman–Crippen MR) is 137 cm³/mol. The average molecular weight is 485 g/mol. The van der Waals surface area contributed by atoms with Crippen molar-refractivity contribution in [2.45, 2.75) is 25.4 Å². The Bertz CT molecular complexity index is 1300. The van der Waals surface area contributed by atoms with Crippen LogP contribution in [-0.2, 0) is 22.6 Å². The number of aliphatic hydroxyl groups is 1. The highest BCUT2D eigenvalue weighted by Crippen LogP contribution is 2.40. The number of carboxylic acids is 1. The normalized spacial score (nSPS) is 15.3. The zero-order chi connectivity index (χ0) is 25.8. The number of carbonyl (C=O) groups is 3. The maximum absolute atomic E-state index is 13.4. The smallest absolute Gasteiger partial charge is 0.335 e. The molecule has 0 saturated carbocycles. The largest absolute Gasteiger partial charge is 0.503 e. The zero-order valence-electron chi connectivity index (χ0n) is 20.2. The molecule has 184 valence electrons. The predicted octanol–water partition coefficient (Wildman–Crippen LogP) is 4.55. The molecule has 7 heteroatoms. The van der Waals surface area contributed by atoms with Gasteiger partial charge in [-0.1, -0.05) is 54.6 Å². The van der Waals surface area contributed by atoms with E-state index in [4.69, 9.17) is 0 Å². The van der Waals surface area contributed by atoms with E-state index in [1.165, 1.54) is 17.0 Å². The Labute approximate surface area is 209 Å². The topological polar surface area (TPSA) is 98.2 Å². The number of carboxylic acid groups (broad SMARTS) is 1. The van der Waals surface area contributed by atoms with Crippen molar-refractivity contribution < 1.29 is 24.6 Å². The summed E-state index contributed by atoms with van der Waals surface area (Å²) in [4.78, 5) is 41.2. The molecule has 7 nitrogen and oxygen atoms in total. The highest BCUT2D eigenvalue weighted by atomic mass is 16.4. The summed E-state index contributed by atoms with van der Waals surface area (Å²) in [5.74, 6) is -2.47. The van der Waals surface area contributed by atoms with E-state index in [-0.39, 0.29) is 29.9 Å². The second kappa shape index (κ2) is 10.5. The summed E-state index contributed by atoms with van der Waals surface area (Å²) >= 11 is 0. The number of rotatable bonds is 9. The molecule has 1 unspecified atom stereocenters. The van der Waals surface area contributed by atoms with Crippen molar-refractivity contribution in [2.75, 3.05) is 19.0 Å². The number of Topliss-reactive ketones (excluding diaryl/α,β-unsaturated/α-hetero) is 1. The van der Waals surface area contributed by atoms with Crippen molar-refractivity contribution in [2.24, 2.45) is 0 Å². The third-order valence-electron chi connectivity index (χ3n) is 6.37. The second-order valence-corrected chi connectivity index (χ2v) is 8.99. The SMILES string of the molecule is CN(C)c1ccc(C2C(C(=O)CCc3ccccc3)=C(O)C(=O)N2Cc2ccc(C(=O)O)cc2)cc1. The molecule has 3 aromatic rings. The first-order valence-electron chi connectivity index (χ1n) is 11.7. The fourth-order valence-corrected chi connectivity index (χ4v) is 4.39. The molecule has 3 aromatic carbocycles. The number of hydrogen-bond acceptors (Lipinski definition) is 5. The van der Waals surface area contributed by atoms with Gasteiger partial charge in [-0.2, -0.15) is 0 Å². The van der Waals surface area contributed by atoms with Crippen LogP contribution in [0.2, 0.25) is 0 Å². The summed E-state index contributed by atoms with van der Waals surface area (Å²) < 4.78 is 0. The van der Waals surface area contributed by atoms with Crippen LogP contribution in [0.4, 0.5) is 5.69 Å². The van der Waals surface area contributed by atoms with Crippen LogP contribution in [0, 0.1) is 0 Å². The van der Waals surface area contributed by atoms with Crippen LogP contribution in [0.15, 0.2) is 90.2 Å². The van der Waals surface area contributed by atoms with Crippen LogP contribution >= 0.6 is 0 Å². The lowest BCUT2D eigenvalue weighted by Crippen LogP contribution is -2.30. The van der Waals surface area contributed by atoms with Crippen molar-refractivity contribution in [1.29, 1.82) is 0 Å². The van der Waals surface area contributed by atoms with Gasteiger partial charge in [-0.15, -0.1) is 0 Å². The number of nitrogens with zero attached hydrogens (tertiary/aromatic N) is 2. The maximum Gasteiger partial charge on any atom is 0.335 e. The molecule has 0 saturated heterocycles. The van der Waals surface area contributed by atoms with Gasteiger partial charge in [0.05, 0.1) is 17.2 Å². The molecule has 2 N–H and O–H groups in total. The molecular weight excluding hydrogens is 456 g/mol. The quantitative estimate of drug-likeness (QED) is 0.463. The molecule has 0 fully saturated rings. The molecule has 1 atom stereocenters. The van der Waals surface area contributed by atoms with E-state index in [9.17, 15) is 24.6 Å². The average Bonchev–Trinajstić information content (AvgIpc) is 3.13. The molecule has 0 aromatic heterocycles. The summed E-state index contributed by atoms with van der Waals surface area (Å²) in [6.07, 6.45) is 0.650. The minimum atomic E-state index is -1.04. The van der Waals surface area contributed by atoms with Crippen molar-refractivity contribution in [3.05, 3.63) is 112 Å². The molecule has 0 spiro atoms. The zero-order valence-corrected chi connectivity index (χ0v) is 20.2. The van der Waals surface area contributed by atoms with E-state index in [2.05, 4.69) is 0 Å². The Kier molecular flexibility index (Phi) is 7.20. The van der Waals surface area contributed by atoms with Crippen LogP contribution in [0.5, 0.6) is 0 Å². The number of anilines is 1. The molecule has 4 rings (SSSR count). The first-order valence-corrected chi connectivity index (χ1v) is 11.7. The molecule has 1 heterocycles. The van der Waals surface area contributed by atoms with E-state index in [1.807, 2.05) is 73.6 Å². The molecule has 1 aliphatic heterocycles. The number of hydrogen-bond donors (Lipinski definition) is 2. The number of aryl methyl sites for hydroxylation is 1. The first kappa shape index (κ1) is 24.7. The Balaban J connectivity index is 1.66. The lowest BCUT2D eigenvalue weighted by atomic mass is 9.93. The first-order chi connectivity index (χ1) is 17.3. The van der Waals surface area contributed by atoms with Crippen molar-refractivity contribution in [3.8, 4) is 0 Å². The van der Waals surface area contributed by atoms with E-state index >= 15 is 0 Å². The number of benzene rings is 3. The maximum atomic E-state index is 13.4. The van der Waals surface area contributed by atoms with Crippen LogP contribution in [0.3, 0.4) is 0 Å². The monoisotopic (exact) mass is 484 g/mol. The second-order valence-electron chi connectivity index (χ2n) is 8.99. The summed E-state index contributed by atoms with van der Waals surface area (Å²) in [6.45, 7) is 0.109. The Morgan fingerprint density at radius 2 is 1.53 bits per heavy atom. The lowest BCUT2D eigenvalue weighted by molar-refractivity contribution is -0.130. The minimum Gasteiger partial charge on any atom is -0.503 e. The summed E-state index contributed by atoms with van der Waals surface area (Å²) in [7, 11) is 3.84. The van der Waals surface area contributed by atoms with Crippen molar-refractivity contribution in [1.82, 2.24) is 4.90 Å². The van der Waals surface area contributed by atoms with Crippen LogP contribution in [0.1, 0.15) is 39.5 Å². The molecule has 36 heavy (non-hydrogen) atoms. The van der Waals surface area contributed by atoms with Crippen molar-refractivity contribution >= 4 is 23.3 Å². The van der Waals surface area contributed by atoms with E-state index in [0.29, 0.717) is 17.5 Å². The van der Waals surface area contributed by atoms with Crippen molar-refractivity contribution in [3.63, 3.8) is 0 Å². The van der Waals surface area contributed by atoms with Crippen LogP contribution in [0.25, 0.3) is 0 Å². The standard InChI is InChI=1S/C29H28N2O5/c1-30(2)23-15-13-21(14-16-23)26-25(24(32)17-10-19-6-4-3-5-7-19)27(33)28(34)31(26)18-20-8-11-22(12-9-20)29(35)36/h3-9,11-16,26,33H,10,17-18H2,1-2H3,(H,35,36).